The van der Waals surface area contributed by atoms with Crippen LogP contribution in [0.5, 0.6) is 11.5 Å². The van der Waals surface area contributed by atoms with Crippen molar-refractivity contribution in [3.8, 4) is 11.5 Å². The van der Waals surface area contributed by atoms with E-state index < -0.39 is 0 Å². The molecule has 0 saturated heterocycles. The first-order chi connectivity index (χ1) is 13.7. The van der Waals surface area contributed by atoms with Crippen molar-refractivity contribution in [3.05, 3.63) is 23.8 Å². The zero-order valence-electron chi connectivity index (χ0n) is 19.2. The molecule has 1 aromatic carbocycles. The Labute approximate surface area is 176 Å². The van der Waals surface area contributed by atoms with Crippen LogP contribution in [0.15, 0.2) is 18.2 Å². The van der Waals surface area contributed by atoms with Crippen molar-refractivity contribution in [1.29, 1.82) is 0 Å². The lowest BCUT2D eigenvalue weighted by molar-refractivity contribution is -0.124. The van der Waals surface area contributed by atoms with Crippen LogP contribution in [0.4, 0.5) is 0 Å². The van der Waals surface area contributed by atoms with Crippen LogP contribution >= 0.6 is 0 Å². The smallest absolute Gasteiger partial charge is 0.169 e. The van der Waals surface area contributed by atoms with Gasteiger partial charge in [0.25, 0.3) is 0 Å². The van der Waals surface area contributed by atoms with Gasteiger partial charge >= 0.3 is 0 Å². The van der Waals surface area contributed by atoms with Gasteiger partial charge in [0.2, 0.25) is 0 Å². The molecule has 0 bridgehead atoms. The number of rotatable bonds is 14. The van der Waals surface area contributed by atoms with E-state index in [-0.39, 0.29) is 23.5 Å². The molecule has 1 rings (SSSR count). The zero-order valence-corrected chi connectivity index (χ0v) is 19.2. The van der Waals surface area contributed by atoms with E-state index in [1.807, 2.05) is 25.1 Å². The van der Waals surface area contributed by atoms with E-state index >= 15 is 0 Å². The predicted octanol–water partition coefficient (Wildman–Crippen LogP) is 4.00. The molecule has 0 radical (unpaired) electrons. The average molecular weight is 410 g/mol. The lowest BCUT2D eigenvalue weighted by Gasteiger charge is -2.27. The second-order valence-corrected chi connectivity index (χ2v) is 8.36. The minimum Gasteiger partial charge on any atom is -0.493 e. The fraction of sp³-hybridized carbons (Fsp3) is 0.696. The number of benzene rings is 1. The highest BCUT2D eigenvalue weighted by Crippen LogP contribution is 2.29. The number of nitrogens with one attached hydrogen (secondary N) is 1. The van der Waals surface area contributed by atoms with Crippen LogP contribution in [-0.2, 0) is 20.7 Å². The fourth-order valence-electron chi connectivity index (χ4n) is 3.20. The fourth-order valence-corrected chi connectivity index (χ4v) is 3.20. The molecule has 0 spiro atoms. The third-order valence-corrected chi connectivity index (χ3v) is 4.68. The van der Waals surface area contributed by atoms with E-state index in [1.54, 1.807) is 21.3 Å². The lowest BCUT2D eigenvalue weighted by atomic mass is 9.85. The first-order valence-electron chi connectivity index (χ1n) is 10.4. The molecular weight excluding hydrogens is 370 g/mol. The van der Waals surface area contributed by atoms with Crippen LogP contribution in [0, 0.1) is 5.41 Å². The number of ketones is 1. The summed E-state index contributed by atoms with van der Waals surface area (Å²) < 4.78 is 21.4. The van der Waals surface area contributed by atoms with Gasteiger partial charge in [-0.25, -0.2) is 0 Å². The molecule has 6 heteroatoms. The second-order valence-electron chi connectivity index (χ2n) is 8.36. The number of hydrogen-bond donors (Lipinski definition) is 1. The summed E-state index contributed by atoms with van der Waals surface area (Å²) in [5.41, 5.74) is 1.19. The number of Topliss-reactive ketones (excluding diaryl/α,β-unsaturated/α-hetero) is 1. The Kier molecular flexibility index (Phi) is 11.2. The largest absolute Gasteiger partial charge is 0.493 e. The number of hydrogen-bond acceptors (Lipinski definition) is 6. The number of aryl methyl sites for hydroxylation is 1. The van der Waals surface area contributed by atoms with Crippen molar-refractivity contribution in [2.24, 2.45) is 5.41 Å². The summed E-state index contributed by atoms with van der Waals surface area (Å²) in [5.74, 6) is 1.70. The summed E-state index contributed by atoms with van der Waals surface area (Å²) in [6, 6.07) is 5.73. The first kappa shape index (κ1) is 25.4. The predicted molar refractivity (Wildman–Crippen MR) is 116 cm³/mol. The summed E-state index contributed by atoms with van der Waals surface area (Å²) in [6.45, 7) is 9.45. The minimum atomic E-state index is -0.360. The molecule has 0 aliphatic carbocycles. The van der Waals surface area contributed by atoms with E-state index in [9.17, 15) is 4.79 Å². The van der Waals surface area contributed by atoms with Crippen molar-refractivity contribution in [2.45, 2.75) is 65.7 Å². The summed E-state index contributed by atoms with van der Waals surface area (Å²) in [4.78, 5) is 12.9. The highest BCUT2D eigenvalue weighted by molar-refractivity contribution is 5.84. The van der Waals surface area contributed by atoms with Gasteiger partial charge < -0.3 is 24.3 Å². The van der Waals surface area contributed by atoms with Crippen molar-refractivity contribution < 1.29 is 23.7 Å². The molecule has 0 unspecified atom stereocenters. The van der Waals surface area contributed by atoms with Gasteiger partial charge in [0, 0.05) is 27.2 Å². The summed E-state index contributed by atoms with van der Waals surface area (Å²) >= 11 is 0. The molecule has 1 atom stereocenters. The van der Waals surface area contributed by atoms with Gasteiger partial charge in [-0.05, 0) is 49.3 Å². The Morgan fingerprint density at radius 2 is 1.79 bits per heavy atom. The van der Waals surface area contributed by atoms with E-state index in [0.29, 0.717) is 19.6 Å². The van der Waals surface area contributed by atoms with Gasteiger partial charge in [-0.15, -0.1) is 0 Å². The molecule has 166 valence electrons. The van der Waals surface area contributed by atoms with Crippen molar-refractivity contribution in [2.75, 3.05) is 34.5 Å². The maximum absolute atomic E-state index is 12.9. The maximum atomic E-state index is 12.9. The minimum absolute atomic E-state index is 0.0470. The van der Waals surface area contributed by atoms with E-state index in [4.69, 9.17) is 18.9 Å². The number of methoxy groups -OCH3 is 3. The monoisotopic (exact) mass is 409 g/mol. The lowest BCUT2D eigenvalue weighted by Crippen LogP contribution is -2.44. The Balaban J connectivity index is 2.66. The summed E-state index contributed by atoms with van der Waals surface area (Å²) in [5, 5.41) is 3.33. The van der Waals surface area contributed by atoms with Gasteiger partial charge in [0.15, 0.2) is 17.8 Å². The molecular formula is C23H39NO5. The van der Waals surface area contributed by atoms with Gasteiger partial charge in [-0.2, -0.15) is 0 Å². The van der Waals surface area contributed by atoms with E-state index in [0.717, 1.165) is 36.3 Å². The Bertz CT molecular complexity index is 608. The Hall–Kier alpha value is -1.63. The number of carbonyl (C=O) groups excluding carboxylic acids is 1. The molecule has 1 aromatic rings. The molecule has 0 fully saturated rings. The summed E-state index contributed by atoms with van der Waals surface area (Å²) in [6.07, 6.45) is 2.53. The van der Waals surface area contributed by atoms with Crippen molar-refractivity contribution in [3.63, 3.8) is 0 Å². The molecule has 6 nitrogen and oxygen atoms in total. The van der Waals surface area contributed by atoms with Crippen LogP contribution in [0.1, 0.15) is 52.5 Å². The number of ether oxygens (including phenoxy) is 4. The van der Waals surface area contributed by atoms with Crippen LogP contribution in [0.2, 0.25) is 0 Å². The van der Waals surface area contributed by atoms with Crippen LogP contribution in [0.3, 0.4) is 0 Å². The first-order valence-corrected chi connectivity index (χ1v) is 10.4. The Morgan fingerprint density at radius 1 is 1.10 bits per heavy atom. The molecule has 0 aliphatic rings. The second kappa shape index (κ2) is 12.8. The highest BCUT2D eigenvalue weighted by Gasteiger charge is 2.25. The molecule has 0 amide bonds. The molecule has 1 N–H and O–H groups in total. The van der Waals surface area contributed by atoms with Crippen molar-refractivity contribution in [1.82, 2.24) is 5.32 Å². The van der Waals surface area contributed by atoms with Gasteiger partial charge in [0.1, 0.15) is 5.78 Å². The zero-order chi connectivity index (χ0) is 21.9. The molecule has 0 aromatic heterocycles. The van der Waals surface area contributed by atoms with Gasteiger partial charge in [0.05, 0.1) is 19.8 Å². The van der Waals surface area contributed by atoms with Crippen LogP contribution in [0.25, 0.3) is 0 Å². The summed E-state index contributed by atoms with van der Waals surface area (Å²) in [7, 11) is 4.83. The van der Waals surface area contributed by atoms with Crippen molar-refractivity contribution >= 4 is 5.78 Å². The highest BCUT2D eigenvalue weighted by atomic mass is 16.7. The van der Waals surface area contributed by atoms with Gasteiger partial charge in [-0.3, -0.25) is 4.79 Å². The van der Waals surface area contributed by atoms with Crippen LogP contribution < -0.4 is 14.8 Å². The molecule has 0 aliphatic heterocycles. The van der Waals surface area contributed by atoms with E-state index in [1.165, 1.54) is 0 Å². The third kappa shape index (κ3) is 9.61. The SMILES string of the molecule is CCOc1cc(CCCC(=O)[C@@H](CC(C)(C)C)NCC(OC)OC)ccc1OC. The standard InChI is InChI=1S/C23H39NO5/c1-8-29-21-14-17(12-13-20(21)26-5)10-9-11-19(25)18(15-23(2,3)4)24-16-22(27-6)28-7/h12-14,18,22,24H,8-11,15-16H2,1-7H3/t18-/m1/s1. The topological polar surface area (TPSA) is 66.0 Å². The quantitative estimate of drug-likeness (QED) is 0.469. The third-order valence-electron chi connectivity index (χ3n) is 4.68. The van der Waals surface area contributed by atoms with Crippen LogP contribution in [-0.4, -0.2) is 52.6 Å². The molecule has 0 saturated carbocycles. The average Bonchev–Trinajstić information content (AvgIpc) is 2.67. The number of carbonyl (C=O) groups is 1. The normalized spacial score (nSPS) is 12.8. The van der Waals surface area contributed by atoms with Gasteiger partial charge in [-0.1, -0.05) is 26.8 Å². The Morgan fingerprint density at radius 3 is 2.34 bits per heavy atom. The van der Waals surface area contributed by atoms with E-state index in [2.05, 4.69) is 26.1 Å². The molecule has 0 heterocycles. The molecule has 29 heavy (non-hydrogen) atoms. The maximum Gasteiger partial charge on any atom is 0.169 e.